The summed E-state index contributed by atoms with van der Waals surface area (Å²) >= 11 is 6.54. The summed E-state index contributed by atoms with van der Waals surface area (Å²) in [6, 6.07) is 16.5. The van der Waals surface area contributed by atoms with Crippen LogP contribution in [0.2, 0.25) is 0 Å². The van der Waals surface area contributed by atoms with E-state index in [1.54, 1.807) is 25.3 Å². The van der Waals surface area contributed by atoms with E-state index in [0.717, 1.165) is 25.4 Å². The van der Waals surface area contributed by atoms with Crippen LogP contribution in [-0.4, -0.2) is 67.3 Å². The number of hydrogen-bond acceptors (Lipinski definition) is 8. The molecule has 0 aliphatic rings. The molecular formula is C30H33BrFN3O3S2. The van der Waals surface area contributed by atoms with E-state index < -0.39 is 17.3 Å². The van der Waals surface area contributed by atoms with Crippen LogP contribution in [0.1, 0.15) is 29.0 Å². The smallest absolute Gasteiger partial charge is 0.217 e. The van der Waals surface area contributed by atoms with Gasteiger partial charge in [-0.1, -0.05) is 28.1 Å². The second kappa shape index (κ2) is 13.1. The predicted molar refractivity (Wildman–Crippen MR) is 166 cm³/mol. The van der Waals surface area contributed by atoms with E-state index in [-0.39, 0.29) is 11.3 Å². The van der Waals surface area contributed by atoms with Gasteiger partial charge in [0, 0.05) is 27.5 Å². The molecule has 2 aromatic heterocycles. The Balaban J connectivity index is 2.12. The van der Waals surface area contributed by atoms with Crippen LogP contribution in [0.4, 0.5) is 4.39 Å². The summed E-state index contributed by atoms with van der Waals surface area (Å²) in [5.74, 6) is -1.04. The maximum Gasteiger partial charge on any atom is 0.217 e. The highest BCUT2D eigenvalue weighted by molar-refractivity contribution is 9.10. The fourth-order valence-electron chi connectivity index (χ4n) is 4.90. The Bertz CT molecular complexity index is 1480. The average molecular weight is 647 g/mol. The van der Waals surface area contributed by atoms with Gasteiger partial charge >= 0.3 is 0 Å². The third-order valence-corrected chi connectivity index (χ3v) is 8.66. The van der Waals surface area contributed by atoms with Gasteiger partial charge in [0.05, 0.1) is 35.7 Å². The van der Waals surface area contributed by atoms with Crippen molar-refractivity contribution in [1.82, 2.24) is 14.9 Å². The number of methoxy groups -OCH3 is 2. The highest BCUT2D eigenvalue weighted by Gasteiger charge is 2.44. The molecule has 40 heavy (non-hydrogen) atoms. The molecule has 0 aliphatic heterocycles. The van der Waals surface area contributed by atoms with Crippen molar-refractivity contribution in [2.75, 3.05) is 47.4 Å². The fraction of sp³-hybridized carbons (Fsp3) is 0.333. The number of rotatable bonds is 11. The van der Waals surface area contributed by atoms with Gasteiger partial charge in [0.25, 0.3) is 0 Å². The number of fused-ring (bicyclic) bond motifs is 1. The van der Waals surface area contributed by atoms with Crippen LogP contribution in [0, 0.1) is 5.82 Å². The van der Waals surface area contributed by atoms with Crippen molar-refractivity contribution in [3.63, 3.8) is 0 Å². The first-order chi connectivity index (χ1) is 19.1. The summed E-state index contributed by atoms with van der Waals surface area (Å²) in [5.41, 5.74) is 0.632. The summed E-state index contributed by atoms with van der Waals surface area (Å²) in [6.45, 7) is 0.541. The minimum absolute atomic E-state index is 0.0947. The zero-order chi connectivity index (χ0) is 29.0. The minimum atomic E-state index is -1.58. The number of hydrogen-bond donors (Lipinski definition) is 1. The van der Waals surface area contributed by atoms with E-state index in [1.165, 1.54) is 30.6 Å². The van der Waals surface area contributed by atoms with Gasteiger partial charge in [-0.25, -0.2) is 14.4 Å². The van der Waals surface area contributed by atoms with Gasteiger partial charge in [-0.3, -0.25) is 0 Å². The Kier molecular flexibility index (Phi) is 10.00. The predicted octanol–water partition coefficient (Wildman–Crippen LogP) is 6.96. The van der Waals surface area contributed by atoms with Crippen molar-refractivity contribution in [1.29, 1.82) is 0 Å². The zero-order valence-electron chi connectivity index (χ0n) is 23.4. The third-order valence-electron chi connectivity index (χ3n) is 6.91. The van der Waals surface area contributed by atoms with Crippen LogP contribution in [0.25, 0.3) is 10.9 Å². The molecule has 1 N–H and O–H groups in total. The summed E-state index contributed by atoms with van der Waals surface area (Å²) < 4.78 is 28.3. The van der Waals surface area contributed by atoms with Crippen molar-refractivity contribution < 1.29 is 19.0 Å². The number of halogens is 2. The topological polar surface area (TPSA) is 67.7 Å². The molecule has 2 aromatic carbocycles. The van der Waals surface area contributed by atoms with Crippen LogP contribution < -0.4 is 9.47 Å². The van der Waals surface area contributed by atoms with Gasteiger partial charge < -0.3 is 19.5 Å². The van der Waals surface area contributed by atoms with E-state index in [4.69, 9.17) is 14.5 Å². The molecule has 0 amide bonds. The molecule has 0 radical (unpaired) electrons. The van der Waals surface area contributed by atoms with Crippen molar-refractivity contribution in [2.24, 2.45) is 0 Å². The Morgan fingerprint density at radius 2 is 1.68 bits per heavy atom. The molecule has 0 bridgehead atoms. The van der Waals surface area contributed by atoms with Gasteiger partial charge in [0.2, 0.25) is 5.88 Å². The Morgan fingerprint density at radius 3 is 2.27 bits per heavy atom. The molecule has 4 aromatic rings. The lowest BCUT2D eigenvalue weighted by molar-refractivity contribution is 0.00228. The molecule has 0 saturated heterocycles. The van der Waals surface area contributed by atoms with Gasteiger partial charge in [0.15, 0.2) is 11.6 Å². The van der Waals surface area contributed by atoms with Crippen LogP contribution in [-0.2, 0) is 5.60 Å². The minimum Gasteiger partial charge on any atom is -0.494 e. The van der Waals surface area contributed by atoms with Gasteiger partial charge in [-0.2, -0.15) is 0 Å². The lowest BCUT2D eigenvalue weighted by atomic mass is 9.71. The zero-order valence-corrected chi connectivity index (χ0v) is 26.6. The number of ether oxygens (including phenoxy) is 2. The molecule has 2 heterocycles. The number of aromatic nitrogens is 2. The first-order valence-corrected chi connectivity index (χ1v) is 15.8. The van der Waals surface area contributed by atoms with Crippen LogP contribution in [0.5, 0.6) is 11.6 Å². The second-order valence-corrected chi connectivity index (χ2v) is 12.2. The quantitative estimate of drug-likeness (QED) is 0.176. The first-order valence-electron chi connectivity index (χ1n) is 12.6. The van der Waals surface area contributed by atoms with E-state index in [0.29, 0.717) is 30.0 Å². The largest absolute Gasteiger partial charge is 0.494 e. The molecule has 0 aliphatic carbocycles. The lowest BCUT2D eigenvalue weighted by Gasteiger charge is -2.39. The number of thioether (sulfide) groups is 2. The first kappa shape index (κ1) is 30.6. The number of benzene rings is 2. The lowest BCUT2D eigenvalue weighted by Crippen LogP contribution is -2.38. The fourth-order valence-corrected chi connectivity index (χ4v) is 6.20. The van der Waals surface area contributed by atoms with E-state index >= 15 is 4.39 Å². The highest BCUT2D eigenvalue weighted by Crippen LogP contribution is 2.49. The van der Waals surface area contributed by atoms with Crippen molar-refractivity contribution in [3.8, 4) is 11.6 Å². The van der Waals surface area contributed by atoms with Gasteiger partial charge in [-0.15, -0.1) is 23.5 Å². The molecule has 2 atom stereocenters. The normalized spacial score (nSPS) is 13.8. The number of nitrogens with zero attached hydrogens (tertiary/aromatic N) is 3. The summed E-state index contributed by atoms with van der Waals surface area (Å²) in [4.78, 5) is 11.5. The Hall–Kier alpha value is -2.37. The highest BCUT2D eigenvalue weighted by atomic mass is 79.9. The molecule has 10 heteroatoms. The van der Waals surface area contributed by atoms with Gasteiger partial charge in [-0.05, 0) is 81.1 Å². The van der Waals surface area contributed by atoms with Gasteiger partial charge in [0.1, 0.15) is 5.60 Å². The molecule has 0 spiro atoms. The van der Waals surface area contributed by atoms with Crippen molar-refractivity contribution in [2.45, 2.75) is 28.0 Å². The number of aliphatic hydroxyl groups is 1. The molecule has 212 valence electrons. The molecule has 0 unspecified atom stereocenters. The summed E-state index contributed by atoms with van der Waals surface area (Å²) in [5, 5.41) is 15.4. The maximum absolute atomic E-state index is 16.2. The number of pyridine rings is 2. The van der Waals surface area contributed by atoms with Crippen molar-refractivity contribution >= 4 is 50.4 Å². The van der Waals surface area contributed by atoms with Crippen molar-refractivity contribution in [3.05, 3.63) is 81.6 Å². The van der Waals surface area contributed by atoms with E-state index in [1.807, 2.05) is 67.9 Å². The van der Waals surface area contributed by atoms with E-state index in [9.17, 15) is 5.11 Å². The Labute approximate surface area is 251 Å². The molecule has 4 rings (SSSR count). The average Bonchev–Trinajstić information content (AvgIpc) is 2.96. The molecule has 0 saturated carbocycles. The third kappa shape index (κ3) is 6.26. The SMILES string of the molecule is COc1cccc([C@H](c2cc3cc(Br)ccc3nc2OC)[C@@](O)(CCN(C)C)c2cc(SC)nc(SC)c2)c1F. The summed E-state index contributed by atoms with van der Waals surface area (Å²) in [7, 11) is 6.87. The molecular weight excluding hydrogens is 613 g/mol. The van der Waals surface area contributed by atoms with Crippen LogP contribution in [0.15, 0.2) is 69.1 Å². The maximum atomic E-state index is 16.2. The second-order valence-electron chi connectivity index (χ2n) is 9.64. The molecule has 6 nitrogen and oxygen atoms in total. The Morgan fingerprint density at radius 1 is 0.975 bits per heavy atom. The van der Waals surface area contributed by atoms with Crippen LogP contribution >= 0.6 is 39.5 Å². The monoisotopic (exact) mass is 645 g/mol. The van der Waals surface area contributed by atoms with Crippen LogP contribution in [0.3, 0.4) is 0 Å². The molecule has 0 fully saturated rings. The summed E-state index contributed by atoms with van der Waals surface area (Å²) in [6.07, 6.45) is 4.19. The standard InChI is InChI=1S/C30H33BrFN3O3S2/c1-35(2)13-12-30(36,19-16-25(39-5)34-26(17-19)40-6)27(21-8-7-9-24(37-3)28(21)32)22-15-18-14-20(31)10-11-23(18)33-29(22)38-4/h7-11,14-17,27,36H,12-13H2,1-6H3/t27-,30-/m1/s1. The van der Waals surface area contributed by atoms with E-state index in [2.05, 4.69) is 20.9 Å².